The van der Waals surface area contributed by atoms with Gasteiger partial charge in [-0.1, -0.05) is 23.7 Å². The van der Waals surface area contributed by atoms with Crippen molar-refractivity contribution < 1.29 is 0 Å². The molecule has 1 atom stereocenters. The number of benzene rings is 1. The largest absolute Gasteiger partial charge is 0.305 e. The molecule has 1 aromatic carbocycles. The summed E-state index contributed by atoms with van der Waals surface area (Å²) in [6.07, 6.45) is 6.60. The van der Waals surface area contributed by atoms with Crippen LogP contribution < -0.4 is 5.32 Å². The summed E-state index contributed by atoms with van der Waals surface area (Å²) < 4.78 is 1.84. The van der Waals surface area contributed by atoms with Crippen molar-refractivity contribution in [2.75, 3.05) is 0 Å². The highest BCUT2D eigenvalue weighted by Crippen LogP contribution is 2.41. The molecule has 1 N–H and O–H groups in total. The quantitative estimate of drug-likeness (QED) is 0.907. The van der Waals surface area contributed by atoms with Crippen LogP contribution in [0.1, 0.15) is 30.0 Å². The first-order valence-electron chi connectivity index (χ1n) is 6.69. The summed E-state index contributed by atoms with van der Waals surface area (Å²) in [5.74, 6) is 0.762. The molecule has 3 rings (SSSR count). The van der Waals surface area contributed by atoms with Gasteiger partial charge in [-0.3, -0.25) is 4.68 Å². The molecule has 0 radical (unpaired) electrons. The van der Waals surface area contributed by atoms with E-state index in [1.807, 2.05) is 30.1 Å². The zero-order valence-electron chi connectivity index (χ0n) is 11.0. The molecule has 3 nitrogen and oxygen atoms in total. The third-order valence-corrected chi connectivity index (χ3v) is 3.86. The second kappa shape index (κ2) is 5.35. The average Bonchev–Trinajstić information content (AvgIpc) is 3.15. The van der Waals surface area contributed by atoms with Crippen LogP contribution in [0.2, 0.25) is 5.02 Å². The van der Waals surface area contributed by atoms with Crippen molar-refractivity contribution in [2.45, 2.75) is 25.4 Å². The Kier molecular flexibility index (Phi) is 3.58. The number of hydrogen-bond acceptors (Lipinski definition) is 2. The Labute approximate surface area is 118 Å². The van der Waals surface area contributed by atoms with Gasteiger partial charge in [0.15, 0.2) is 0 Å². The van der Waals surface area contributed by atoms with Crippen LogP contribution in [0.15, 0.2) is 36.7 Å². The van der Waals surface area contributed by atoms with Crippen LogP contribution in [0.4, 0.5) is 0 Å². The normalized spacial score (nSPS) is 16.5. The lowest BCUT2D eigenvalue weighted by atomic mass is 10.0. The summed E-state index contributed by atoms with van der Waals surface area (Å²) in [6, 6.07) is 8.62. The minimum atomic E-state index is 0.428. The van der Waals surface area contributed by atoms with E-state index in [9.17, 15) is 0 Å². The van der Waals surface area contributed by atoms with Gasteiger partial charge in [0.2, 0.25) is 0 Å². The van der Waals surface area contributed by atoms with Gasteiger partial charge in [-0.25, -0.2) is 0 Å². The van der Waals surface area contributed by atoms with Gasteiger partial charge < -0.3 is 5.32 Å². The summed E-state index contributed by atoms with van der Waals surface area (Å²) >= 11 is 5.96. The highest BCUT2D eigenvalue weighted by molar-refractivity contribution is 6.30. The van der Waals surface area contributed by atoms with E-state index in [1.165, 1.54) is 24.0 Å². The highest BCUT2D eigenvalue weighted by atomic mass is 35.5. The maximum atomic E-state index is 5.96. The molecule has 0 aliphatic heterocycles. The van der Waals surface area contributed by atoms with Crippen LogP contribution in [0.5, 0.6) is 0 Å². The first kappa shape index (κ1) is 12.7. The van der Waals surface area contributed by atoms with E-state index >= 15 is 0 Å². The van der Waals surface area contributed by atoms with Gasteiger partial charge in [0, 0.05) is 36.4 Å². The van der Waals surface area contributed by atoms with Crippen molar-refractivity contribution in [2.24, 2.45) is 13.0 Å². The summed E-state index contributed by atoms with van der Waals surface area (Å²) in [4.78, 5) is 0. The Balaban J connectivity index is 1.69. The Morgan fingerprint density at radius 3 is 2.68 bits per heavy atom. The minimum absolute atomic E-state index is 0.428. The minimum Gasteiger partial charge on any atom is -0.305 e. The predicted molar refractivity (Wildman–Crippen MR) is 77.0 cm³/mol. The van der Waals surface area contributed by atoms with Crippen molar-refractivity contribution in [1.82, 2.24) is 15.1 Å². The fourth-order valence-corrected chi connectivity index (χ4v) is 2.57. The third-order valence-electron chi connectivity index (χ3n) is 3.61. The van der Waals surface area contributed by atoms with E-state index in [0.717, 1.165) is 17.5 Å². The zero-order valence-corrected chi connectivity index (χ0v) is 11.8. The van der Waals surface area contributed by atoms with E-state index in [0.29, 0.717) is 6.04 Å². The molecular formula is C15H18ClN3. The standard InChI is InChI=1S/C15H18ClN3/c1-19-10-11(9-18-19)8-17-15(12-2-3-12)13-4-6-14(16)7-5-13/h4-7,9-10,12,15,17H,2-3,8H2,1H3. The molecule has 100 valence electrons. The Morgan fingerprint density at radius 1 is 1.37 bits per heavy atom. The van der Waals surface area contributed by atoms with Crippen LogP contribution in [0.25, 0.3) is 0 Å². The number of aryl methyl sites for hydroxylation is 1. The van der Waals surface area contributed by atoms with Gasteiger partial charge in [-0.15, -0.1) is 0 Å². The molecule has 2 aromatic rings. The molecule has 0 amide bonds. The molecular weight excluding hydrogens is 258 g/mol. The number of aromatic nitrogens is 2. The van der Waals surface area contributed by atoms with Crippen LogP contribution in [0, 0.1) is 5.92 Å². The van der Waals surface area contributed by atoms with Crippen LogP contribution in [0.3, 0.4) is 0 Å². The molecule has 1 unspecified atom stereocenters. The Hall–Kier alpha value is -1.32. The van der Waals surface area contributed by atoms with Crippen LogP contribution in [-0.4, -0.2) is 9.78 Å². The van der Waals surface area contributed by atoms with Crippen LogP contribution in [-0.2, 0) is 13.6 Å². The Bertz CT molecular complexity index is 543. The second-order valence-corrected chi connectivity index (χ2v) is 5.71. The summed E-state index contributed by atoms with van der Waals surface area (Å²) in [5, 5.41) is 8.65. The second-order valence-electron chi connectivity index (χ2n) is 5.27. The molecule has 1 aromatic heterocycles. The first-order valence-corrected chi connectivity index (χ1v) is 7.06. The first-order chi connectivity index (χ1) is 9.22. The van der Waals surface area contributed by atoms with E-state index < -0.39 is 0 Å². The maximum Gasteiger partial charge on any atom is 0.0534 e. The molecule has 0 saturated heterocycles. The molecule has 0 bridgehead atoms. The number of rotatable bonds is 5. The van der Waals surface area contributed by atoms with Crippen molar-refractivity contribution in [3.63, 3.8) is 0 Å². The van der Waals surface area contributed by atoms with E-state index in [2.05, 4.69) is 28.7 Å². The fourth-order valence-electron chi connectivity index (χ4n) is 2.45. The van der Waals surface area contributed by atoms with Crippen molar-refractivity contribution in [1.29, 1.82) is 0 Å². The average molecular weight is 276 g/mol. The van der Waals surface area contributed by atoms with Crippen molar-refractivity contribution >= 4 is 11.6 Å². The van der Waals surface area contributed by atoms with E-state index in [1.54, 1.807) is 0 Å². The maximum absolute atomic E-state index is 5.96. The lowest BCUT2D eigenvalue weighted by molar-refractivity contribution is 0.480. The lowest BCUT2D eigenvalue weighted by Gasteiger charge is -2.18. The van der Waals surface area contributed by atoms with Crippen molar-refractivity contribution in [3.8, 4) is 0 Å². The molecule has 0 spiro atoms. The fraction of sp³-hybridized carbons (Fsp3) is 0.400. The molecule has 4 heteroatoms. The highest BCUT2D eigenvalue weighted by Gasteiger charge is 2.31. The molecule has 1 heterocycles. The molecule has 19 heavy (non-hydrogen) atoms. The summed E-state index contributed by atoms with van der Waals surface area (Å²) in [6.45, 7) is 0.859. The summed E-state index contributed by atoms with van der Waals surface area (Å²) in [5.41, 5.74) is 2.55. The van der Waals surface area contributed by atoms with Gasteiger partial charge >= 0.3 is 0 Å². The Morgan fingerprint density at radius 2 is 2.11 bits per heavy atom. The van der Waals surface area contributed by atoms with Gasteiger partial charge in [-0.05, 0) is 36.5 Å². The number of nitrogens with one attached hydrogen (secondary N) is 1. The number of hydrogen-bond donors (Lipinski definition) is 1. The third kappa shape index (κ3) is 3.17. The van der Waals surface area contributed by atoms with Crippen molar-refractivity contribution in [3.05, 3.63) is 52.8 Å². The molecule has 1 saturated carbocycles. The monoisotopic (exact) mass is 275 g/mol. The SMILES string of the molecule is Cn1cc(CNC(c2ccc(Cl)cc2)C2CC2)cn1. The van der Waals surface area contributed by atoms with E-state index in [4.69, 9.17) is 11.6 Å². The van der Waals surface area contributed by atoms with Gasteiger partial charge in [0.1, 0.15) is 0 Å². The van der Waals surface area contributed by atoms with Crippen LogP contribution >= 0.6 is 11.6 Å². The number of nitrogens with zero attached hydrogens (tertiary/aromatic N) is 2. The van der Waals surface area contributed by atoms with Gasteiger partial charge in [-0.2, -0.15) is 5.10 Å². The summed E-state index contributed by atoms with van der Waals surface area (Å²) in [7, 11) is 1.95. The van der Waals surface area contributed by atoms with Gasteiger partial charge in [0.25, 0.3) is 0 Å². The topological polar surface area (TPSA) is 29.9 Å². The van der Waals surface area contributed by atoms with Gasteiger partial charge in [0.05, 0.1) is 6.20 Å². The lowest BCUT2D eigenvalue weighted by Crippen LogP contribution is -2.22. The molecule has 1 aliphatic rings. The predicted octanol–water partition coefficient (Wildman–Crippen LogP) is 3.31. The van der Waals surface area contributed by atoms with E-state index in [-0.39, 0.29) is 0 Å². The smallest absolute Gasteiger partial charge is 0.0534 e. The zero-order chi connectivity index (χ0) is 13.2. The number of halogens is 1. The molecule has 1 aliphatic carbocycles. The molecule has 1 fully saturated rings.